The fraction of sp³-hybridized carbons (Fsp3) is 0.938. The van der Waals surface area contributed by atoms with Crippen molar-refractivity contribution in [3.63, 3.8) is 0 Å². The molecule has 3 nitrogen and oxygen atoms in total. The maximum absolute atomic E-state index is 13.3. The van der Waals surface area contributed by atoms with Gasteiger partial charge in [0.15, 0.2) is 0 Å². The number of carbonyl (C=O) groups is 1. The van der Waals surface area contributed by atoms with Crippen LogP contribution in [-0.2, 0) is 4.79 Å². The zero-order valence-corrected chi connectivity index (χ0v) is 13.9. The number of hydrazine groups is 1. The van der Waals surface area contributed by atoms with E-state index in [4.69, 9.17) is 0 Å². The molecule has 1 fully saturated rings. The molecule has 1 heterocycles. The van der Waals surface area contributed by atoms with Gasteiger partial charge >= 0.3 is 6.18 Å². The molecule has 0 bridgehead atoms. The molecule has 1 atom stereocenters. The summed E-state index contributed by atoms with van der Waals surface area (Å²) in [5.41, 5.74) is 1.60. The van der Waals surface area contributed by atoms with E-state index in [2.05, 4.69) is 12.3 Å². The quantitative estimate of drug-likeness (QED) is 0.631. The minimum Gasteiger partial charge on any atom is -0.288 e. The van der Waals surface area contributed by atoms with Gasteiger partial charge in [-0.25, -0.2) is 5.01 Å². The van der Waals surface area contributed by atoms with Crippen LogP contribution >= 0.6 is 0 Å². The summed E-state index contributed by atoms with van der Waals surface area (Å²) in [7, 11) is 0. The van der Waals surface area contributed by atoms with Crippen LogP contribution in [-0.4, -0.2) is 28.7 Å². The van der Waals surface area contributed by atoms with Crippen LogP contribution < -0.4 is 5.43 Å². The lowest BCUT2D eigenvalue weighted by molar-refractivity contribution is -0.202. The fourth-order valence-corrected chi connectivity index (χ4v) is 3.04. The zero-order chi connectivity index (χ0) is 16.8. The van der Waals surface area contributed by atoms with Crippen LogP contribution in [0.2, 0.25) is 0 Å². The Kier molecular flexibility index (Phi) is 7.16. The summed E-state index contributed by atoms with van der Waals surface area (Å²) in [5, 5.41) is 1.12. The molecule has 0 spiro atoms. The lowest BCUT2D eigenvalue weighted by atomic mass is 9.97. The Hall–Kier alpha value is -0.780. The first-order valence-electron chi connectivity index (χ1n) is 8.34. The fourth-order valence-electron chi connectivity index (χ4n) is 3.04. The van der Waals surface area contributed by atoms with Crippen molar-refractivity contribution in [2.75, 3.05) is 0 Å². The number of rotatable bonds is 9. The third-order valence-electron chi connectivity index (χ3n) is 4.26. The summed E-state index contributed by atoms with van der Waals surface area (Å²) in [5.74, 6) is -0.334. The summed E-state index contributed by atoms with van der Waals surface area (Å²) in [4.78, 5) is 11.5. The Morgan fingerprint density at radius 3 is 2.14 bits per heavy atom. The van der Waals surface area contributed by atoms with Crippen molar-refractivity contribution in [2.45, 2.75) is 96.3 Å². The number of unbranched alkanes of at least 4 members (excludes halogenated alkanes) is 6. The summed E-state index contributed by atoms with van der Waals surface area (Å²) in [6, 6.07) is -1.59. The number of carbonyl (C=O) groups excluding carboxylic acids is 1. The third-order valence-corrected chi connectivity index (χ3v) is 4.26. The lowest BCUT2D eigenvalue weighted by Gasteiger charge is -2.37. The Morgan fingerprint density at radius 2 is 1.68 bits per heavy atom. The van der Waals surface area contributed by atoms with Gasteiger partial charge in [0.05, 0.1) is 0 Å². The van der Waals surface area contributed by atoms with Gasteiger partial charge in [-0.1, -0.05) is 51.9 Å². The van der Waals surface area contributed by atoms with E-state index in [0.717, 1.165) is 30.7 Å². The maximum Gasteiger partial charge on any atom is 0.405 e. The van der Waals surface area contributed by atoms with Gasteiger partial charge in [-0.05, 0) is 20.3 Å². The standard InChI is InChI=1S/C16H29F3N2O/c1-4-5-6-7-8-9-10-11-13(16(17,18)19)21-15(2,3)12-14(22)20-21/h13H,4-12H2,1-3H3,(H,20,22). The third kappa shape index (κ3) is 5.78. The van der Waals surface area contributed by atoms with E-state index in [-0.39, 0.29) is 18.7 Å². The van der Waals surface area contributed by atoms with Crippen molar-refractivity contribution in [2.24, 2.45) is 0 Å². The van der Waals surface area contributed by atoms with E-state index in [9.17, 15) is 18.0 Å². The van der Waals surface area contributed by atoms with Gasteiger partial charge in [-0.2, -0.15) is 13.2 Å². The van der Waals surface area contributed by atoms with Crippen molar-refractivity contribution in [1.29, 1.82) is 0 Å². The minimum atomic E-state index is -4.32. The Labute approximate surface area is 131 Å². The second kappa shape index (κ2) is 8.18. The number of alkyl halides is 3. The van der Waals surface area contributed by atoms with Crippen molar-refractivity contribution in [3.8, 4) is 0 Å². The number of nitrogens with zero attached hydrogens (tertiary/aromatic N) is 1. The molecule has 1 saturated heterocycles. The van der Waals surface area contributed by atoms with Gasteiger partial charge in [-0.15, -0.1) is 0 Å². The maximum atomic E-state index is 13.3. The molecule has 1 aliphatic heterocycles. The van der Waals surface area contributed by atoms with Crippen LogP contribution in [0, 0.1) is 0 Å². The molecule has 1 unspecified atom stereocenters. The van der Waals surface area contributed by atoms with E-state index >= 15 is 0 Å². The van der Waals surface area contributed by atoms with Crippen LogP contribution in [0.25, 0.3) is 0 Å². The zero-order valence-electron chi connectivity index (χ0n) is 13.9. The van der Waals surface area contributed by atoms with E-state index in [1.54, 1.807) is 13.8 Å². The van der Waals surface area contributed by atoms with Gasteiger partial charge < -0.3 is 0 Å². The molecule has 1 N–H and O–H groups in total. The first-order chi connectivity index (χ1) is 10.2. The molecule has 0 aromatic carbocycles. The molecule has 1 aliphatic rings. The number of hydrogen-bond acceptors (Lipinski definition) is 2. The van der Waals surface area contributed by atoms with Crippen molar-refractivity contribution in [3.05, 3.63) is 0 Å². The normalized spacial score (nSPS) is 20.2. The lowest BCUT2D eigenvalue weighted by Crippen LogP contribution is -2.56. The van der Waals surface area contributed by atoms with Crippen LogP contribution in [0.3, 0.4) is 0 Å². The Bertz CT molecular complexity index is 356. The van der Waals surface area contributed by atoms with Gasteiger partial charge in [-0.3, -0.25) is 10.2 Å². The van der Waals surface area contributed by atoms with E-state index in [1.807, 2.05) is 0 Å². The SMILES string of the molecule is CCCCCCCCCC(N1NC(=O)CC1(C)C)C(F)(F)F. The first-order valence-corrected chi connectivity index (χ1v) is 8.34. The number of halogens is 3. The van der Waals surface area contributed by atoms with E-state index in [0.29, 0.717) is 6.42 Å². The molecule has 0 aromatic rings. The van der Waals surface area contributed by atoms with Gasteiger partial charge in [0.2, 0.25) is 5.91 Å². The predicted molar refractivity (Wildman–Crippen MR) is 81.1 cm³/mol. The largest absolute Gasteiger partial charge is 0.405 e. The van der Waals surface area contributed by atoms with Crippen molar-refractivity contribution >= 4 is 5.91 Å². The average molecular weight is 322 g/mol. The molecule has 0 aromatic heterocycles. The number of nitrogens with one attached hydrogen (secondary N) is 1. The summed E-state index contributed by atoms with van der Waals surface area (Å²) in [6.45, 7) is 5.49. The van der Waals surface area contributed by atoms with Gasteiger partial charge in [0.1, 0.15) is 6.04 Å². The minimum absolute atomic E-state index is 0.0426. The molecule has 0 radical (unpaired) electrons. The Morgan fingerprint density at radius 1 is 1.14 bits per heavy atom. The van der Waals surface area contributed by atoms with E-state index in [1.165, 1.54) is 12.8 Å². The highest BCUT2D eigenvalue weighted by molar-refractivity contribution is 5.78. The van der Waals surface area contributed by atoms with Crippen LogP contribution in [0.15, 0.2) is 0 Å². The molecule has 1 amide bonds. The van der Waals surface area contributed by atoms with Crippen LogP contribution in [0.4, 0.5) is 13.2 Å². The highest BCUT2D eigenvalue weighted by atomic mass is 19.4. The summed E-state index contributed by atoms with van der Waals surface area (Å²) >= 11 is 0. The van der Waals surface area contributed by atoms with Crippen LogP contribution in [0.5, 0.6) is 0 Å². The first kappa shape index (κ1) is 19.3. The van der Waals surface area contributed by atoms with Gasteiger partial charge in [0, 0.05) is 12.0 Å². The smallest absolute Gasteiger partial charge is 0.288 e. The molecular formula is C16H29F3N2O. The number of amides is 1. The summed E-state index contributed by atoms with van der Waals surface area (Å²) < 4.78 is 40.0. The molecule has 0 aliphatic carbocycles. The highest BCUT2D eigenvalue weighted by Crippen LogP contribution is 2.35. The molecular weight excluding hydrogens is 293 g/mol. The van der Waals surface area contributed by atoms with Crippen LogP contribution in [0.1, 0.15) is 78.6 Å². The second-order valence-electron chi connectivity index (χ2n) is 6.86. The molecule has 130 valence electrons. The van der Waals surface area contributed by atoms with Gasteiger partial charge in [0.25, 0.3) is 0 Å². The Balaban J connectivity index is 2.48. The van der Waals surface area contributed by atoms with Crippen molar-refractivity contribution in [1.82, 2.24) is 10.4 Å². The summed E-state index contributed by atoms with van der Waals surface area (Å²) in [6.07, 6.45) is 2.79. The topological polar surface area (TPSA) is 32.3 Å². The molecule has 1 rings (SSSR count). The second-order valence-corrected chi connectivity index (χ2v) is 6.86. The van der Waals surface area contributed by atoms with E-state index < -0.39 is 17.8 Å². The highest BCUT2D eigenvalue weighted by Gasteiger charge is 2.51. The molecule has 0 saturated carbocycles. The number of hydrogen-bond donors (Lipinski definition) is 1. The molecule has 22 heavy (non-hydrogen) atoms. The monoisotopic (exact) mass is 322 g/mol. The molecule has 6 heteroatoms. The van der Waals surface area contributed by atoms with Crippen molar-refractivity contribution < 1.29 is 18.0 Å². The predicted octanol–water partition coefficient (Wildman–Crippen LogP) is 4.57. The average Bonchev–Trinajstić information content (AvgIpc) is 2.64.